The summed E-state index contributed by atoms with van der Waals surface area (Å²) in [6, 6.07) is 0. The van der Waals surface area contributed by atoms with Crippen molar-refractivity contribution in [2.45, 2.75) is 62.5 Å². The zero-order chi connectivity index (χ0) is 16.2. The molecule has 1 amide bonds. The first kappa shape index (κ1) is 17.4. The molecule has 6 heteroatoms. The lowest BCUT2D eigenvalue weighted by Gasteiger charge is -2.37. The van der Waals surface area contributed by atoms with Gasteiger partial charge in [-0.25, -0.2) is 0 Å². The molecule has 1 unspecified atom stereocenters. The zero-order valence-corrected chi connectivity index (χ0v) is 14.2. The summed E-state index contributed by atoms with van der Waals surface area (Å²) in [6.45, 7) is 0.828. The van der Waals surface area contributed by atoms with E-state index in [1.807, 2.05) is 0 Å². The van der Waals surface area contributed by atoms with Gasteiger partial charge in [0, 0.05) is 36.6 Å². The van der Waals surface area contributed by atoms with E-state index in [0.717, 1.165) is 12.8 Å². The van der Waals surface area contributed by atoms with E-state index in [2.05, 4.69) is 0 Å². The van der Waals surface area contributed by atoms with Gasteiger partial charge in [0.25, 0.3) is 0 Å². The van der Waals surface area contributed by atoms with Gasteiger partial charge in [-0.05, 0) is 31.6 Å². The third kappa shape index (κ3) is 3.89. The molecule has 0 bridgehead atoms. The van der Waals surface area contributed by atoms with Crippen LogP contribution in [0, 0.1) is 5.92 Å². The Morgan fingerprint density at radius 3 is 2.14 bits per heavy atom. The van der Waals surface area contributed by atoms with Crippen LogP contribution in [0.1, 0.15) is 57.8 Å². The Kier molecular flexibility index (Phi) is 6.01. The van der Waals surface area contributed by atoms with E-state index >= 15 is 0 Å². The highest BCUT2D eigenvalue weighted by Crippen LogP contribution is 2.30. The Balaban J connectivity index is 1.89. The molecule has 0 radical (unpaired) electrons. The summed E-state index contributed by atoms with van der Waals surface area (Å²) in [4.78, 5) is 25.7. The van der Waals surface area contributed by atoms with Crippen molar-refractivity contribution in [1.29, 1.82) is 0 Å². The van der Waals surface area contributed by atoms with Crippen LogP contribution in [0.2, 0.25) is 0 Å². The molecule has 1 atom stereocenters. The summed E-state index contributed by atoms with van der Waals surface area (Å²) in [5, 5.41) is 9.38. The van der Waals surface area contributed by atoms with Crippen molar-refractivity contribution in [2.24, 2.45) is 5.92 Å². The number of nitrogens with zero attached hydrogens (tertiary/aromatic N) is 1. The topological polar surface area (TPSA) is 74.7 Å². The van der Waals surface area contributed by atoms with Gasteiger partial charge < -0.3 is 10.0 Å². The molecule has 2 aliphatic rings. The second-order valence-corrected chi connectivity index (χ2v) is 8.39. The normalized spacial score (nSPS) is 24.5. The molecule has 1 heterocycles. The van der Waals surface area contributed by atoms with Gasteiger partial charge in [0.1, 0.15) is 4.75 Å². The standard InChI is InChI=1S/C16H27NO4S/c1-22(21)16(15(19)20)8-10-17(11-9-16)14(18)12-13-6-4-2-3-5-7-13/h13H,2-12H2,1H3,(H,19,20). The molecule has 0 aromatic carbocycles. The Morgan fingerprint density at radius 1 is 1.14 bits per heavy atom. The molecule has 1 saturated heterocycles. The minimum Gasteiger partial charge on any atom is -0.480 e. The summed E-state index contributed by atoms with van der Waals surface area (Å²) < 4.78 is 10.7. The molecule has 2 rings (SSSR count). The van der Waals surface area contributed by atoms with Gasteiger partial charge >= 0.3 is 5.97 Å². The van der Waals surface area contributed by atoms with Crippen molar-refractivity contribution in [3.05, 3.63) is 0 Å². The van der Waals surface area contributed by atoms with Crippen molar-refractivity contribution in [2.75, 3.05) is 19.3 Å². The molecule has 5 nitrogen and oxygen atoms in total. The van der Waals surface area contributed by atoms with Crippen molar-refractivity contribution in [1.82, 2.24) is 4.90 Å². The SMILES string of the molecule is CS(=O)C1(C(=O)O)CCN(C(=O)CC2CCCCCC2)CC1. The second kappa shape index (κ2) is 7.57. The number of carboxylic acid groups (broad SMARTS) is 1. The predicted molar refractivity (Wildman–Crippen MR) is 86.1 cm³/mol. The van der Waals surface area contributed by atoms with Crippen LogP contribution in [-0.2, 0) is 20.4 Å². The number of amides is 1. The fourth-order valence-corrected chi connectivity index (χ4v) is 4.69. The largest absolute Gasteiger partial charge is 0.480 e. The predicted octanol–water partition coefficient (Wildman–Crippen LogP) is 2.17. The Hall–Kier alpha value is -0.910. The third-order valence-electron chi connectivity index (χ3n) is 5.30. The van der Waals surface area contributed by atoms with Gasteiger partial charge in [0.2, 0.25) is 5.91 Å². The van der Waals surface area contributed by atoms with Gasteiger partial charge in [-0.15, -0.1) is 0 Å². The molecule has 1 N–H and O–H groups in total. The van der Waals surface area contributed by atoms with Gasteiger partial charge in [-0.1, -0.05) is 25.7 Å². The molecule has 126 valence electrons. The Morgan fingerprint density at radius 2 is 1.68 bits per heavy atom. The van der Waals surface area contributed by atoms with Gasteiger partial charge in [0.05, 0.1) is 0 Å². The number of hydrogen-bond donors (Lipinski definition) is 1. The fraction of sp³-hybridized carbons (Fsp3) is 0.875. The van der Waals surface area contributed by atoms with E-state index in [-0.39, 0.29) is 5.91 Å². The Labute approximate surface area is 134 Å². The molecule has 0 aromatic rings. The first-order valence-corrected chi connectivity index (χ1v) is 9.86. The van der Waals surface area contributed by atoms with Crippen LogP contribution in [-0.4, -0.2) is 50.2 Å². The number of carboxylic acids is 1. The van der Waals surface area contributed by atoms with Gasteiger partial charge in [-0.3, -0.25) is 13.8 Å². The highest BCUT2D eigenvalue weighted by atomic mass is 32.2. The quantitative estimate of drug-likeness (QED) is 0.802. The number of aliphatic carboxylic acids is 1. The molecular formula is C16H27NO4S. The van der Waals surface area contributed by atoms with Crippen LogP contribution < -0.4 is 0 Å². The summed E-state index contributed by atoms with van der Waals surface area (Å²) >= 11 is 0. The van der Waals surface area contributed by atoms with Crippen molar-refractivity contribution < 1.29 is 18.9 Å². The van der Waals surface area contributed by atoms with E-state index in [0.29, 0.717) is 38.3 Å². The molecular weight excluding hydrogens is 302 g/mol. The summed E-state index contributed by atoms with van der Waals surface area (Å²) in [5.74, 6) is -0.363. The third-order valence-corrected chi connectivity index (χ3v) is 6.99. The van der Waals surface area contributed by atoms with Crippen LogP contribution >= 0.6 is 0 Å². The van der Waals surface area contributed by atoms with Crippen LogP contribution in [0.4, 0.5) is 0 Å². The van der Waals surface area contributed by atoms with Crippen LogP contribution in [0.3, 0.4) is 0 Å². The maximum absolute atomic E-state index is 12.4. The molecule has 22 heavy (non-hydrogen) atoms. The number of rotatable bonds is 4. The van der Waals surface area contributed by atoms with E-state index < -0.39 is 21.5 Å². The highest BCUT2D eigenvalue weighted by molar-refractivity contribution is 7.86. The maximum atomic E-state index is 12.4. The summed E-state index contributed by atoms with van der Waals surface area (Å²) in [5.41, 5.74) is 0. The molecule has 1 saturated carbocycles. The molecule has 1 aliphatic carbocycles. The second-order valence-electron chi connectivity index (χ2n) is 6.70. The van der Waals surface area contributed by atoms with Crippen molar-refractivity contribution in [3.63, 3.8) is 0 Å². The average Bonchev–Trinajstić information content (AvgIpc) is 2.75. The smallest absolute Gasteiger partial charge is 0.322 e. The highest BCUT2D eigenvalue weighted by Gasteiger charge is 2.46. The summed E-state index contributed by atoms with van der Waals surface area (Å²) in [7, 11) is -1.41. The molecule has 2 fully saturated rings. The van der Waals surface area contributed by atoms with E-state index in [1.165, 1.54) is 31.9 Å². The van der Waals surface area contributed by atoms with Crippen molar-refractivity contribution >= 4 is 22.7 Å². The van der Waals surface area contributed by atoms with Crippen molar-refractivity contribution in [3.8, 4) is 0 Å². The first-order chi connectivity index (χ1) is 10.5. The average molecular weight is 329 g/mol. The summed E-state index contributed by atoms with van der Waals surface area (Å²) in [6.07, 6.45) is 9.89. The van der Waals surface area contributed by atoms with Crippen LogP contribution in [0.15, 0.2) is 0 Å². The zero-order valence-electron chi connectivity index (χ0n) is 13.4. The number of carbonyl (C=O) groups is 2. The number of carbonyl (C=O) groups excluding carboxylic acids is 1. The lowest BCUT2D eigenvalue weighted by Crippen LogP contribution is -2.53. The first-order valence-electron chi connectivity index (χ1n) is 8.30. The lowest BCUT2D eigenvalue weighted by atomic mass is 9.93. The van der Waals surface area contributed by atoms with Crippen LogP contribution in [0.5, 0.6) is 0 Å². The number of hydrogen-bond acceptors (Lipinski definition) is 3. The van der Waals surface area contributed by atoms with E-state index in [9.17, 15) is 18.9 Å². The minimum atomic E-state index is -1.41. The van der Waals surface area contributed by atoms with Crippen LogP contribution in [0.25, 0.3) is 0 Å². The molecule has 0 spiro atoms. The van der Waals surface area contributed by atoms with E-state index in [4.69, 9.17) is 0 Å². The van der Waals surface area contributed by atoms with Gasteiger partial charge in [-0.2, -0.15) is 0 Å². The fourth-order valence-electron chi connectivity index (χ4n) is 3.69. The molecule has 1 aliphatic heterocycles. The number of piperidine rings is 1. The Bertz CT molecular complexity index is 419. The maximum Gasteiger partial charge on any atom is 0.322 e. The minimum absolute atomic E-state index is 0.146. The monoisotopic (exact) mass is 329 g/mol. The number of likely N-dealkylation sites (tertiary alicyclic amines) is 1. The molecule has 0 aromatic heterocycles. The lowest BCUT2D eigenvalue weighted by molar-refractivity contribution is -0.144. The van der Waals surface area contributed by atoms with E-state index in [1.54, 1.807) is 4.90 Å². The van der Waals surface area contributed by atoms with Gasteiger partial charge in [0.15, 0.2) is 0 Å².